The summed E-state index contributed by atoms with van der Waals surface area (Å²) in [6.45, 7) is 8.28. The van der Waals surface area contributed by atoms with Crippen LogP contribution in [0.15, 0.2) is 54.6 Å². The average Bonchev–Trinajstić information content (AvgIpc) is 2.74. The monoisotopic (exact) mass is 385 g/mol. The van der Waals surface area contributed by atoms with E-state index >= 15 is 0 Å². The average molecular weight is 385 g/mol. The van der Waals surface area contributed by atoms with Crippen molar-refractivity contribution in [1.82, 2.24) is 10.2 Å². The Balaban J connectivity index is 1.40. The fourth-order valence-electron chi connectivity index (χ4n) is 3.35. The lowest BCUT2D eigenvalue weighted by molar-refractivity contribution is -0.127. The number of amides is 1. The zero-order valence-electron chi connectivity index (χ0n) is 16.5. The first-order chi connectivity index (χ1) is 13.5. The Bertz CT molecular complexity index is 746. The molecule has 6 heteroatoms. The summed E-state index contributed by atoms with van der Waals surface area (Å²) in [7, 11) is 0. The highest BCUT2D eigenvalue weighted by Gasteiger charge is 2.22. The molecule has 0 aliphatic carbocycles. The molecule has 1 heterocycles. The minimum atomic E-state index is -0.632. The van der Waals surface area contributed by atoms with Crippen molar-refractivity contribution in [3.63, 3.8) is 0 Å². The van der Waals surface area contributed by atoms with Crippen LogP contribution < -0.4 is 15.0 Å². The number of hydrogen-bond acceptors (Lipinski definition) is 4. The van der Waals surface area contributed by atoms with Gasteiger partial charge in [0, 0.05) is 44.5 Å². The van der Waals surface area contributed by atoms with Crippen molar-refractivity contribution in [2.45, 2.75) is 26.0 Å². The zero-order chi connectivity index (χ0) is 19.9. The highest BCUT2D eigenvalue weighted by Crippen LogP contribution is 2.16. The normalized spacial score (nSPS) is 17.0. The zero-order valence-corrected chi connectivity index (χ0v) is 16.5. The third-order valence-electron chi connectivity index (χ3n) is 5.13. The highest BCUT2D eigenvalue weighted by molar-refractivity contribution is 5.80. The minimum Gasteiger partial charge on any atom is -0.481 e. The second-order valence-corrected chi connectivity index (χ2v) is 7.17. The van der Waals surface area contributed by atoms with Gasteiger partial charge in [0.1, 0.15) is 11.6 Å². The number of anilines is 1. The first-order valence-corrected chi connectivity index (χ1v) is 9.77. The van der Waals surface area contributed by atoms with Crippen molar-refractivity contribution < 1.29 is 13.9 Å². The maximum atomic E-state index is 12.9. The number of para-hydroxylation sites is 1. The lowest BCUT2D eigenvalue weighted by atomic mass is 10.2. The predicted octanol–water partition coefficient (Wildman–Crippen LogP) is 2.92. The lowest BCUT2D eigenvalue weighted by Crippen LogP contribution is -2.53. The molecule has 2 atom stereocenters. The van der Waals surface area contributed by atoms with Gasteiger partial charge in [0.25, 0.3) is 5.91 Å². The van der Waals surface area contributed by atoms with Gasteiger partial charge in [-0.05, 0) is 50.2 Å². The standard InChI is InChI=1S/C22H28FN3O2/c1-17(25-12-14-26(15-13-25)20-6-4-3-5-7-20)16-24-22(27)18(2)28-21-10-8-19(23)9-11-21/h3-11,17-18H,12-16H2,1-2H3,(H,24,27)/t17-,18-/m1/s1. The molecule has 0 bridgehead atoms. The molecule has 3 rings (SSSR count). The van der Waals surface area contributed by atoms with Gasteiger partial charge in [-0.15, -0.1) is 0 Å². The van der Waals surface area contributed by atoms with E-state index in [-0.39, 0.29) is 17.8 Å². The molecular formula is C22H28FN3O2. The summed E-state index contributed by atoms with van der Waals surface area (Å²) < 4.78 is 18.5. The lowest BCUT2D eigenvalue weighted by Gasteiger charge is -2.39. The summed E-state index contributed by atoms with van der Waals surface area (Å²) >= 11 is 0. The van der Waals surface area contributed by atoms with E-state index in [1.807, 2.05) is 6.07 Å². The summed E-state index contributed by atoms with van der Waals surface area (Å²) in [5.41, 5.74) is 1.26. The van der Waals surface area contributed by atoms with Crippen molar-refractivity contribution in [1.29, 1.82) is 0 Å². The second kappa shape index (κ2) is 9.55. The molecule has 0 saturated carbocycles. The molecule has 1 aliphatic heterocycles. The van der Waals surface area contributed by atoms with E-state index < -0.39 is 6.10 Å². The quantitative estimate of drug-likeness (QED) is 0.796. The Morgan fingerprint density at radius 1 is 1.04 bits per heavy atom. The van der Waals surface area contributed by atoms with Crippen molar-refractivity contribution in [2.75, 3.05) is 37.6 Å². The maximum Gasteiger partial charge on any atom is 0.260 e. The van der Waals surface area contributed by atoms with Gasteiger partial charge in [-0.3, -0.25) is 9.69 Å². The third-order valence-corrected chi connectivity index (χ3v) is 5.13. The molecule has 2 aromatic carbocycles. The van der Waals surface area contributed by atoms with E-state index in [0.29, 0.717) is 12.3 Å². The summed E-state index contributed by atoms with van der Waals surface area (Å²) in [5.74, 6) is -0.0149. The van der Waals surface area contributed by atoms with Crippen molar-refractivity contribution in [3.8, 4) is 5.75 Å². The number of carbonyl (C=O) groups is 1. The number of hydrogen-bond donors (Lipinski definition) is 1. The van der Waals surface area contributed by atoms with Crippen molar-refractivity contribution in [3.05, 3.63) is 60.4 Å². The molecule has 0 unspecified atom stereocenters. The van der Waals surface area contributed by atoms with Crippen LogP contribution in [0.5, 0.6) is 5.75 Å². The largest absolute Gasteiger partial charge is 0.481 e. The number of benzene rings is 2. The Hall–Kier alpha value is -2.60. The van der Waals surface area contributed by atoms with Crippen LogP contribution in [-0.2, 0) is 4.79 Å². The van der Waals surface area contributed by atoms with E-state index in [9.17, 15) is 9.18 Å². The summed E-state index contributed by atoms with van der Waals surface area (Å²) in [4.78, 5) is 17.1. The van der Waals surface area contributed by atoms with Crippen LogP contribution in [0.2, 0.25) is 0 Å². The van der Waals surface area contributed by atoms with E-state index in [1.54, 1.807) is 6.92 Å². The Morgan fingerprint density at radius 3 is 2.32 bits per heavy atom. The van der Waals surface area contributed by atoms with Crippen LogP contribution in [0.25, 0.3) is 0 Å². The van der Waals surface area contributed by atoms with Gasteiger partial charge in [0.15, 0.2) is 6.10 Å². The number of piperazine rings is 1. The van der Waals surface area contributed by atoms with Crippen LogP contribution >= 0.6 is 0 Å². The van der Waals surface area contributed by atoms with E-state index in [1.165, 1.54) is 30.0 Å². The van der Waals surface area contributed by atoms with E-state index in [2.05, 4.69) is 46.3 Å². The van der Waals surface area contributed by atoms with Gasteiger partial charge in [0.2, 0.25) is 0 Å². The molecule has 5 nitrogen and oxygen atoms in total. The summed E-state index contributed by atoms with van der Waals surface area (Å²) in [5, 5.41) is 2.96. The van der Waals surface area contributed by atoms with Crippen LogP contribution in [0.1, 0.15) is 13.8 Å². The Kier molecular flexibility index (Phi) is 6.87. The molecule has 1 N–H and O–H groups in total. The molecule has 1 amide bonds. The number of halogens is 1. The van der Waals surface area contributed by atoms with Crippen LogP contribution in [0.4, 0.5) is 10.1 Å². The Labute approximate surface area is 166 Å². The molecule has 1 aliphatic rings. The van der Waals surface area contributed by atoms with Gasteiger partial charge in [-0.25, -0.2) is 4.39 Å². The second-order valence-electron chi connectivity index (χ2n) is 7.17. The predicted molar refractivity (Wildman–Crippen MR) is 109 cm³/mol. The van der Waals surface area contributed by atoms with E-state index in [4.69, 9.17) is 4.74 Å². The molecule has 0 radical (unpaired) electrons. The minimum absolute atomic E-state index is 0.168. The van der Waals surface area contributed by atoms with Crippen molar-refractivity contribution >= 4 is 11.6 Å². The van der Waals surface area contributed by atoms with Gasteiger partial charge in [0.05, 0.1) is 0 Å². The third kappa shape index (κ3) is 5.45. The highest BCUT2D eigenvalue weighted by atomic mass is 19.1. The molecule has 0 spiro atoms. The summed E-state index contributed by atoms with van der Waals surface area (Å²) in [6.07, 6.45) is -0.632. The first-order valence-electron chi connectivity index (χ1n) is 9.77. The van der Waals surface area contributed by atoms with Crippen molar-refractivity contribution in [2.24, 2.45) is 0 Å². The number of rotatable bonds is 7. The first kappa shape index (κ1) is 20.1. The number of nitrogens with zero attached hydrogens (tertiary/aromatic N) is 2. The fraction of sp³-hybridized carbons (Fsp3) is 0.409. The molecular weight excluding hydrogens is 357 g/mol. The van der Waals surface area contributed by atoms with Gasteiger partial charge < -0.3 is 15.0 Å². The topological polar surface area (TPSA) is 44.8 Å². The smallest absolute Gasteiger partial charge is 0.260 e. The van der Waals surface area contributed by atoms with Gasteiger partial charge in [-0.2, -0.15) is 0 Å². The Morgan fingerprint density at radius 2 is 1.68 bits per heavy atom. The number of ether oxygens (including phenoxy) is 1. The van der Waals surface area contributed by atoms with Crippen LogP contribution in [0.3, 0.4) is 0 Å². The molecule has 1 saturated heterocycles. The molecule has 2 aromatic rings. The maximum absolute atomic E-state index is 12.9. The SMILES string of the molecule is C[C@H](CNC(=O)[C@@H](C)Oc1ccc(F)cc1)N1CCN(c2ccccc2)CC1. The van der Waals surface area contributed by atoms with Crippen LogP contribution in [0, 0.1) is 5.82 Å². The fourth-order valence-corrected chi connectivity index (χ4v) is 3.35. The van der Waals surface area contributed by atoms with Crippen LogP contribution in [-0.4, -0.2) is 55.7 Å². The van der Waals surface area contributed by atoms with Gasteiger partial charge >= 0.3 is 0 Å². The number of nitrogens with one attached hydrogen (secondary N) is 1. The molecule has 28 heavy (non-hydrogen) atoms. The number of carbonyl (C=O) groups excluding carboxylic acids is 1. The summed E-state index contributed by atoms with van der Waals surface area (Å²) in [6, 6.07) is 16.4. The molecule has 1 fully saturated rings. The molecule has 150 valence electrons. The van der Waals surface area contributed by atoms with Gasteiger partial charge in [-0.1, -0.05) is 18.2 Å². The van der Waals surface area contributed by atoms with E-state index in [0.717, 1.165) is 26.2 Å². The molecule has 0 aromatic heterocycles.